The summed E-state index contributed by atoms with van der Waals surface area (Å²) in [6.45, 7) is 4.18. The van der Waals surface area contributed by atoms with Gasteiger partial charge in [-0.15, -0.1) is 0 Å². The zero-order valence-corrected chi connectivity index (χ0v) is 18.2. The van der Waals surface area contributed by atoms with Crippen LogP contribution in [0, 0.1) is 13.8 Å². The molecular weight excluding hydrogens is 390 g/mol. The van der Waals surface area contributed by atoms with Crippen LogP contribution in [0.25, 0.3) is 45.2 Å². The topological polar surface area (TPSA) is 38.7 Å². The van der Waals surface area contributed by atoms with Gasteiger partial charge in [-0.3, -0.25) is 4.98 Å². The first-order chi connectivity index (χ1) is 15.7. The fourth-order valence-corrected chi connectivity index (χ4v) is 3.63. The molecule has 0 saturated carbocycles. The van der Waals surface area contributed by atoms with Gasteiger partial charge in [0, 0.05) is 28.5 Å². The first-order valence-corrected chi connectivity index (χ1v) is 10.7. The number of pyridine rings is 1. The van der Waals surface area contributed by atoms with Crippen molar-refractivity contribution in [1.29, 1.82) is 0 Å². The fraction of sp³-hybridized carbons (Fsp3) is 0.0690. The van der Waals surface area contributed by atoms with Gasteiger partial charge in [-0.2, -0.15) is 0 Å². The Kier molecular flexibility index (Phi) is 5.30. The van der Waals surface area contributed by atoms with Crippen LogP contribution in [-0.2, 0) is 0 Å². The van der Waals surface area contributed by atoms with E-state index in [9.17, 15) is 0 Å². The number of nitrogens with zero attached hydrogens (tertiary/aromatic N) is 3. The smallest absolute Gasteiger partial charge is 0.161 e. The molecule has 0 bridgehead atoms. The Morgan fingerprint density at radius 2 is 0.969 bits per heavy atom. The van der Waals surface area contributed by atoms with Crippen molar-refractivity contribution in [2.24, 2.45) is 0 Å². The highest BCUT2D eigenvalue weighted by Crippen LogP contribution is 2.28. The number of hydrogen-bond acceptors (Lipinski definition) is 3. The minimum absolute atomic E-state index is 0.672. The van der Waals surface area contributed by atoms with Gasteiger partial charge in [0.25, 0.3) is 0 Å². The summed E-state index contributed by atoms with van der Waals surface area (Å²) in [4.78, 5) is 14.5. The van der Waals surface area contributed by atoms with Crippen LogP contribution in [0.5, 0.6) is 0 Å². The van der Waals surface area contributed by atoms with Crippen molar-refractivity contribution in [2.45, 2.75) is 13.8 Å². The lowest BCUT2D eigenvalue weighted by Crippen LogP contribution is -1.96. The molecule has 2 heterocycles. The van der Waals surface area contributed by atoms with E-state index < -0.39 is 0 Å². The van der Waals surface area contributed by atoms with E-state index in [4.69, 9.17) is 9.97 Å². The van der Waals surface area contributed by atoms with Gasteiger partial charge in [0.15, 0.2) is 5.82 Å². The normalized spacial score (nSPS) is 10.8. The molecule has 0 atom stereocenters. The van der Waals surface area contributed by atoms with Crippen LogP contribution in [-0.4, -0.2) is 15.0 Å². The number of hydrogen-bond donors (Lipinski definition) is 0. The maximum Gasteiger partial charge on any atom is 0.161 e. The zero-order chi connectivity index (χ0) is 21.9. The van der Waals surface area contributed by atoms with Crippen molar-refractivity contribution in [1.82, 2.24) is 15.0 Å². The first kappa shape index (κ1) is 19.8. The van der Waals surface area contributed by atoms with E-state index in [1.54, 1.807) is 0 Å². The van der Waals surface area contributed by atoms with Crippen molar-refractivity contribution >= 4 is 0 Å². The van der Waals surface area contributed by atoms with Crippen LogP contribution in [0.15, 0.2) is 103 Å². The molecule has 2 aromatic heterocycles. The molecule has 0 unspecified atom stereocenters. The minimum atomic E-state index is 0.672. The van der Waals surface area contributed by atoms with Gasteiger partial charge in [-0.25, -0.2) is 9.97 Å². The highest BCUT2D eigenvalue weighted by atomic mass is 14.9. The third kappa shape index (κ3) is 4.19. The van der Waals surface area contributed by atoms with Crippen molar-refractivity contribution in [2.75, 3.05) is 0 Å². The number of rotatable bonds is 4. The van der Waals surface area contributed by atoms with Gasteiger partial charge in [0.2, 0.25) is 0 Å². The van der Waals surface area contributed by atoms with Crippen LogP contribution in [0.1, 0.15) is 11.1 Å². The SMILES string of the molecule is Cc1ccc(-c2cc(-c3ccc(C)cc3)nc(-c3ccc(-c4ccccc4)nc3)n2)cc1. The van der Waals surface area contributed by atoms with Gasteiger partial charge in [-0.1, -0.05) is 90.0 Å². The minimum Gasteiger partial charge on any atom is -0.255 e. The summed E-state index contributed by atoms with van der Waals surface area (Å²) in [7, 11) is 0. The Labute approximate surface area is 188 Å². The molecule has 0 saturated heterocycles. The number of aromatic nitrogens is 3. The molecule has 154 valence electrons. The molecular formula is C29H23N3. The molecule has 0 aliphatic carbocycles. The predicted molar refractivity (Wildman–Crippen MR) is 131 cm³/mol. The van der Waals surface area contributed by atoms with E-state index >= 15 is 0 Å². The molecule has 5 rings (SSSR count). The number of benzene rings is 3. The molecule has 5 aromatic rings. The Morgan fingerprint density at radius 3 is 1.47 bits per heavy atom. The summed E-state index contributed by atoms with van der Waals surface area (Å²) in [5.74, 6) is 0.672. The third-order valence-corrected chi connectivity index (χ3v) is 5.51. The maximum atomic E-state index is 4.90. The summed E-state index contributed by atoms with van der Waals surface area (Å²) < 4.78 is 0. The summed E-state index contributed by atoms with van der Waals surface area (Å²) in [5.41, 5.74) is 9.31. The van der Waals surface area contributed by atoms with Gasteiger partial charge >= 0.3 is 0 Å². The lowest BCUT2D eigenvalue weighted by atomic mass is 10.0. The van der Waals surface area contributed by atoms with Crippen LogP contribution < -0.4 is 0 Å². The van der Waals surface area contributed by atoms with Crippen LogP contribution in [0.4, 0.5) is 0 Å². The Balaban J connectivity index is 1.60. The molecule has 0 radical (unpaired) electrons. The molecule has 0 aliphatic rings. The molecule has 32 heavy (non-hydrogen) atoms. The average Bonchev–Trinajstić information content (AvgIpc) is 2.85. The molecule has 0 N–H and O–H groups in total. The standard InChI is InChI=1S/C29H23N3/c1-20-8-12-23(13-9-20)27-18-28(24-14-10-21(2)11-15-24)32-29(31-27)25-16-17-26(30-19-25)22-6-4-3-5-7-22/h3-19H,1-2H3. The summed E-state index contributed by atoms with van der Waals surface area (Å²) in [6.07, 6.45) is 1.86. The van der Waals surface area contributed by atoms with Crippen LogP contribution in [0.2, 0.25) is 0 Å². The van der Waals surface area contributed by atoms with Crippen molar-refractivity contribution in [3.8, 4) is 45.2 Å². The molecule has 3 heteroatoms. The van der Waals surface area contributed by atoms with E-state index in [0.717, 1.165) is 39.3 Å². The Bertz CT molecular complexity index is 1280. The monoisotopic (exact) mass is 413 g/mol. The summed E-state index contributed by atoms with van der Waals surface area (Å²) in [6, 6.07) is 33.2. The largest absolute Gasteiger partial charge is 0.255 e. The highest BCUT2D eigenvalue weighted by Gasteiger charge is 2.11. The van der Waals surface area contributed by atoms with Crippen LogP contribution in [0.3, 0.4) is 0 Å². The average molecular weight is 414 g/mol. The molecule has 3 nitrogen and oxygen atoms in total. The van der Waals surface area contributed by atoms with Crippen molar-refractivity contribution in [3.05, 3.63) is 114 Å². The van der Waals surface area contributed by atoms with Crippen LogP contribution >= 0.6 is 0 Å². The van der Waals surface area contributed by atoms with Gasteiger partial charge in [-0.05, 0) is 32.0 Å². The van der Waals surface area contributed by atoms with Crippen molar-refractivity contribution in [3.63, 3.8) is 0 Å². The van der Waals surface area contributed by atoms with E-state index in [1.165, 1.54) is 11.1 Å². The molecule has 3 aromatic carbocycles. The predicted octanol–water partition coefficient (Wildman–Crippen LogP) is 7.16. The Morgan fingerprint density at radius 1 is 0.469 bits per heavy atom. The van der Waals surface area contributed by atoms with Gasteiger partial charge in [0.05, 0.1) is 17.1 Å². The second-order valence-corrected chi connectivity index (χ2v) is 7.99. The third-order valence-electron chi connectivity index (χ3n) is 5.51. The quantitative estimate of drug-likeness (QED) is 0.314. The lowest BCUT2D eigenvalue weighted by molar-refractivity contribution is 1.17. The first-order valence-electron chi connectivity index (χ1n) is 10.7. The van der Waals surface area contributed by atoms with E-state index in [0.29, 0.717) is 5.82 Å². The van der Waals surface area contributed by atoms with E-state index in [2.05, 4.69) is 85.6 Å². The highest BCUT2D eigenvalue weighted by molar-refractivity contribution is 5.72. The molecule has 0 spiro atoms. The Hall–Kier alpha value is -4.11. The second kappa shape index (κ2) is 8.56. The van der Waals surface area contributed by atoms with Gasteiger partial charge < -0.3 is 0 Å². The van der Waals surface area contributed by atoms with Gasteiger partial charge in [0.1, 0.15) is 0 Å². The summed E-state index contributed by atoms with van der Waals surface area (Å²) in [5, 5.41) is 0. The molecule has 0 fully saturated rings. The van der Waals surface area contributed by atoms with E-state index in [-0.39, 0.29) is 0 Å². The van der Waals surface area contributed by atoms with E-state index in [1.807, 2.05) is 36.5 Å². The fourth-order valence-electron chi connectivity index (χ4n) is 3.63. The lowest BCUT2D eigenvalue weighted by Gasteiger charge is -2.10. The second-order valence-electron chi connectivity index (χ2n) is 7.99. The molecule has 0 aliphatic heterocycles. The summed E-state index contributed by atoms with van der Waals surface area (Å²) >= 11 is 0. The maximum absolute atomic E-state index is 4.90. The number of aryl methyl sites for hydroxylation is 2. The molecule has 0 amide bonds. The van der Waals surface area contributed by atoms with Crippen molar-refractivity contribution < 1.29 is 0 Å². The zero-order valence-electron chi connectivity index (χ0n) is 18.2.